The van der Waals surface area contributed by atoms with Gasteiger partial charge in [0.1, 0.15) is 11.8 Å². The third-order valence-corrected chi connectivity index (χ3v) is 10.8. The van der Waals surface area contributed by atoms with Crippen LogP contribution in [0.1, 0.15) is 43.1 Å². The minimum absolute atomic E-state index is 0.0163. The van der Waals surface area contributed by atoms with Crippen molar-refractivity contribution >= 4 is 50.3 Å². The maximum Gasteiger partial charge on any atom is 0.281 e. The van der Waals surface area contributed by atoms with Crippen molar-refractivity contribution in [3.63, 3.8) is 0 Å². The van der Waals surface area contributed by atoms with Gasteiger partial charge in [0.2, 0.25) is 5.91 Å². The van der Waals surface area contributed by atoms with E-state index in [-0.39, 0.29) is 24.0 Å². The lowest BCUT2D eigenvalue weighted by Crippen LogP contribution is -2.52. The van der Waals surface area contributed by atoms with Gasteiger partial charge < -0.3 is 10.1 Å². The second-order valence-corrected chi connectivity index (χ2v) is 13.8. The lowest BCUT2D eigenvalue weighted by Gasteiger charge is -2.33. The van der Waals surface area contributed by atoms with E-state index in [9.17, 15) is 13.2 Å². The monoisotopic (exact) mass is 630 g/mol. The second-order valence-electron chi connectivity index (χ2n) is 10.8. The number of nitrogens with zero attached hydrogens (tertiary/aromatic N) is 7. The number of fused-ring (bicyclic) bond motifs is 2. The van der Waals surface area contributed by atoms with Crippen LogP contribution in [-0.4, -0.2) is 79.6 Å². The number of halogens is 1. The van der Waals surface area contributed by atoms with Gasteiger partial charge in [0.15, 0.2) is 5.03 Å². The van der Waals surface area contributed by atoms with Gasteiger partial charge >= 0.3 is 0 Å². The van der Waals surface area contributed by atoms with Crippen molar-refractivity contribution in [1.29, 1.82) is 0 Å². The van der Waals surface area contributed by atoms with Gasteiger partial charge in [0.25, 0.3) is 10.0 Å². The van der Waals surface area contributed by atoms with Gasteiger partial charge in [0, 0.05) is 61.4 Å². The van der Waals surface area contributed by atoms with E-state index in [1.54, 1.807) is 10.9 Å². The maximum absolute atomic E-state index is 13.9. The highest BCUT2D eigenvalue weighted by molar-refractivity contribution is 7.98. The van der Waals surface area contributed by atoms with Crippen LogP contribution >= 0.6 is 23.3 Å². The van der Waals surface area contributed by atoms with E-state index < -0.39 is 22.0 Å². The molecule has 3 aromatic rings. The quantitative estimate of drug-likeness (QED) is 0.364. The predicted molar refractivity (Wildman–Crippen MR) is 159 cm³/mol. The average molecular weight is 631 g/mol. The van der Waals surface area contributed by atoms with Crippen molar-refractivity contribution in [3.8, 4) is 5.75 Å². The van der Waals surface area contributed by atoms with Gasteiger partial charge in [-0.25, -0.2) is 4.68 Å². The lowest BCUT2D eigenvalue weighted by molar-refractivity contribution is -0.124. The van der Waals surface area contributed by atoms with E-state index in [1.165, 1.54) is 30.1 Å². The number of sulfonamides is 1. The Hall–Kier alpha value is -3.46. The Morgan fingerprint density at radius 2 is 2.14 bits per heavy atom. The minimum atomic E-state index is -4.22. The number of carbonyl (C=O) groups excluding carboxylic acids is 1. The molecule has 3 aliphatic heterocycles. The van der Waals surface area contributed by atoms with Crippen LogP contribution in [0.15, 0.2) is 43.0 Å². The Balaban J connectivity index is 1.26. The van der Waals surface area contributed by atoms with Crippen molar-refractivity contribution in [3.05, 3.63) is 69.6 Å². The van der Waals surface area contributed by atoms with E-state index in [2.05, 4.69) is 64.0 Å². The standard InChI is InChI=1S/C27H31ClN8O4S2/c1-17(2)33(3)15-18-4-5-20-22(7-11-40-24(20)12-18)35-16-19(31-32-35)13-23-26(37)29-8-10-36(23)42(38,39)27-21-14-30-41-25(21)6-9-34(27)28/h4-6,8,10,12,14,16-17,22-23H,7,9,11,13,15H2,1-3H3,(H,29,37). The molecule has 1 amide bonds. The van der Waals surface area contributed by atoms with E-state index in [4.69, 9.17) is 16.5 Å². The summed E-state index contributed by atoms with van der Waals surface area (Å²) in [6, 6.07) is 5.49. The number of amides is 1. The van der Waals surface area contributed by atoms with Crippen LogP contribution in [0.25, 0.3) is 11.1 Å². The Bertz CT molecular complexity index is 1770. The molecule has 0 bridgehead atoms. The first-order chi connectivity index (χ1) is 20.1. The second kappa shape index (κ2) is 11.3. The van der Waals surface area contributed by atoms with Crippen LogP contribution in [0, 0.1) is 0 Å². The molecule has 2 atom stereocenters. The fourth-order valence-electron chi connectivity index (χ4n) is 5.25. The molecule has 0 aliphatic carbocycles. The largest absolute Gasteiger partial charge is 0.493 e. The molecule has 15 heteroatoms. The van der Waals surface area contributed by atoms with Crippen LogP contribution < -0.4 is 19.8 Å². The highest BCUT2D eigenvalue weighted by Gasteiger charge is 2.40. The molecule has 42 heavy (non-hydrogen) atoms. The van der Waals surface area contributed by atoms with Crippen molar-refractivity contribution in [2.45, 2.75) is 51.4 Å². The zero-order valence-electron chi connectivity index (χ0n) is 23.3. The Morgan fingerprint density at radius 1 is 1.31 bits per heavy atom. The fraction of sp³-hybridized carbons (Fsp3) is 0.407. The molecule has 0 saturated heterocycles. The molecular formula is C27H31ClN8O4S2. The Labute approximate surface area is 252 Å². The van der Waals surface area contributed by atoms with Gasteiger partial charge in [-0.2, -0.15) is 12.8 Å². The zero-order valence-corrected chi connectivity index (χ0v) is 25.7. The highest BCUT2D eigenvalue weighted by atomic mass is 35.5. The number of aromatic nitrogens is 4. The van der Waals surface area contributed by atoms with E-state index in [1.807, 2.05) is 6.08 Å². The van der Waals surface area contributed by atoms with Gasteiger partial charge in [-0.15, -0.1) is 5.10 Å². The number of hydrogen-bond acceptors (Lipinski definition) is 10. The van der Waals surface area contributed by atoms with Crippen molar-refractivity contribution < 1.29 is 17.9 Å². The molecule has 2 aromatic heterocycles. The summed E-state index contributed by atoms with van der Waals surface area (Å²) in [6.07, 6.45) is 8.42. The molecule has 0 saturated carbocycles. The summed E-state index contributed by atoms with van der Waals surface area (Å²) < 4.78 is 42.6. The first-order valence-corrected chi connectivity index (χ1v) is 16.1. The number of benzene rings is 1. The summed E-state index contributed by atoms with van der Waals surface area (Å²) in [6.45, 7) is 5.85. The predicted octanol–water partition coefficient (Wildman–Crippen LogP) is 1.11. The molecular weight excluding hydrogens is 600 g/mol. The van der Waals surface area contributed by atoms with Crippen molar-refractivity contribution in [2.24, 2.45) is 0 Å². The maximum atomic E-state index is 13.9. The topological polar surface area (TPSA) is 126 Å². The number of rotatable bonds is 8. The van der Waals surface area contributed by atoms with Crippen LogP contribution in [0.3, 0.4) is 0 Å². The molecule has 1 aromatic carbocycles. The van der Waals surface area contributed by atoms with E-state index in [0.29, 0.717) is 34.5 Å². The number of hydrogen-bond donors (Lipinski definition) is 1. The first kappa shape index (κ1) is 28.6. The third-order valence-electron chi connectivity index (χ3n) is 7.74. The molecule has 0 spiro atoms. The highest BCUT2D eigenvalue weighted by Crippen LogP contribution is 2.35. The number of carbonyl (C=O) groups is 1. The molecule has 1 N–H and O–H groups in total. The molecule has 12 nitrogen and oxygen atoms in total. The van der Waals surface area contributed by atoms with Crippen LogP contribution in [0.4, 0.5) is 0 Å². The summed E-state index contributed by atoms with van der Waals surface area (Å²) in [4.78, 5) is 15.3. The lowest BCUT2D eigenvalue weighted by atomic mass is 9.98. The summed E-state index contributed by atoms with van der Waals surface area (Å²) >= 11 is 7.56. The summed E-state index contributed by atoms with van der Waals surface area (Å²) in [5.74, 6) is 0.348. The molecule has 2 unspecified atom stereocenters. The Morgan fingerprint density at radius 3 is 2.95 bits per heavy atom. The van der Waals surface area contributed by atoms with Crippen LogP contribution in [0.2, 0.25) is 0 Å². The Kier molecular flexibility index (Phi) is 7.72. The number of nitrogens with one attached hydrogen (secondary N) is 1. The summed E-state index contributed by atoms with van der Waals surface area (Å²) in [7, 11) is -2.13. The number of ether oxygens (including phenoxy) is 1. The van der Waals surface area contributed by atoms with Gasteiger partial charge in [-0.05, 0) is 50.1 Å². The van der Waals surface area contributed by atoms with E-state index >= 15 is 0 Å². The van der Waals surface area contributed by atoms with Crippen LogP contribution in [-0.2, 0) is 27.8 Å². The van der Waals surface area contributed by atoms with E-state index in [0.717, 1.165) is 32.1 Å². The SMILES string of the molecule is CC(C)N(C)Cc1ccc2c(c1)OCCC2n1cc(CC2C(=O)NC=CN2S(=O)(=O)C2=c3cnsc3=CCN2Cl)nn1. The minimum Gasteiger partial charge on any atom is -0.493 e. The fourth-order valence-corrected chi connectivity index (χ4v) is 8.10. The molecule has 3 aliphatic rings. The van der Waals surface area contributed by atoms with Crippen LogP contribution in [0.5, 0.6) is 5.75 Å². The molecule has 6 rings (SSSR count). The van der Waals surface area contributed by atoms with Crippen molar-refractivity contribution in [2.75, 3.05) is 20.2 Å². The average Bonchev–Trinajstić information content (AvgIpc) is 3.63. The zero-order chi connectivity index (χ0) is 29.6. The van der Waals surface area contributed by atoms with Crippen molar-refractivity contribution in [1.82, 2.24) is 38.3 Å². The molecule has 5 heterocycles. The normalized spacial score (nSPS) is 20.3. The smallest absolute Gasteiger partial charge is 0.281 e. The third kappa shape index (κ3) is 5.27. The van der Waals surface area contributed by atoms with Gasteiger partial charge in [-0.1, -0.05) is 17.3 Å². The molecule has 0 fully saturated rings. The summed E-state index contributed by atoms with van der Waals surface area (Å²) in [5, 5.41) is 11.6. The molecule has 0 radical (unpaired) electrons. The first-order valence-electron chi connectivity index (χ1n) is 13.6. The molecule has 222 valence electrons. The van der Waals surface area contributed by atoms with Gasteiger partial charge in [-0.3, -0.25) is 18.4 Å². The van der Waals surface area contributed by atoms with Gasteiger partial charge in [0.05, 0.1) is 40.8 Å². The summed E-state index contributed by atoms with van der Waals surface area (Å²) in [5.41, 5.74) is 2.65.